The number of rotatable bonds is 5. The lowest BCUT2D eigenvalue weighted by Gasteiger charge is -2.40. The van der Waals surface area contributed by atoms with Crippen molar-refractivity contribution >= 4 is 46.3 Å². The van der Waals surface area contributed by atoms with Crippen LogP contribution in [0, 0.1) is 17.8 Å². The van der Waals surface area contributed by atoms with E-state index < -0.39 is 0 Å². The van der Waals surface area contributed by atoms with Gasteiger partial charge < -0.3 is 10.1 Å². The van der Waals surface area contributed by atoms with E-state index in [1.54, 1.807) is 35.9 Å². The van der Waals surface area contributed by atoms with E-state index in [0.717, 1.165) is 20.7 Å². The summed E-state index contributed by atoms with van der Waals surface area (Å²) in [6.45, 7) is 0.0164. The van der Waals surface area contributed by atoms with Gasteiger partial charge in [0.2, 0.25) is 5.91 Å². The van der Waals surface area contributed by atoms with E-state index in [4.69, 9.17) is 16.3 Å². The number of methoxy groups -OCH3 is 1. The quantitative estimate of drug-likeness (QED) is 0.465. The first-order chi connectivity index (χ1) is 16.5. The Balaban J connectivity index is 1.33. The van der Waals surface area contributed by atoms with Crippen molar-refractivity contribution in [2.45, 2.75) is 42.0 Å². The van der Waals surface area contributed by atoms with Gasteiger partial charge in [-0.25, -0.2) is 0 Å². The SMILES string of the molecule is COc1ccc(NC(=O)Cn2c3c(sc2=O)[C@H](c2ccc(Cl)cc2)[C@H]2[C@H]4CC[C@@H](C4)[C@@H]2S3)cc1. The highest BCUT2D eigenvalue weighted by molar-refractivity contribution is 8.00. The summed E-state index contributed by atoms with van der Waals surface area (Å²) in [5, 5.41) is 5.11. The minimum Gasteiger partial charge on any atom is -0.497 e. The molecule has 1 N–H and O–H groups in total. The van der Waals surface area contributed by atoms with Crippen LogP contribution in [0.5, 0.6) is 5.75 Å². The minimum atomic E-state index is -0.202. The zero-order valence-corrected chi connectivity index (χ0v) is 21.1. The van der Waals surface area contributed by atoms with Crippen LogP contribution in [-0.2, 0) is 11.3 Å². The number of carbonyl (C=O) groups excluding carboxylic acids is 1. The number of halogens is 1. The lowest BCUT2D eigenvalue weighted by Crippen LogP contribution is -2.34. The van der Waals surface area contributed by atoms with Crippen LogP contribution < -0.4 is 14.9 Å². The molecule has 3 aromatic rings. The van der Waals surface area contributed by atoms with Gasteiger partial charge in [0, 0.05) is 26.8 Å². The third-order valence-electron chi connectivity index (χ3n) is 7.60. The first kappa shape index (κ1) is 22.3. The van der Waals surface area contributed by atoms with Crippen molar-refractivity contribution in [3.63, 3.8) is 0 Å². The molecule has 1 aromatic heterocycles. The van der Waals surface area contributed by atoms with Crippen molar-refractivity contribution in [1.82, 2.24) is 4.57 Å². The van der Waals surface area contributed by atoms with Crippen LogP contribution in [0.15, 0.2) is 58.4 Å². The number of nitrogens with one attached hydrogen (secondary N) is 1. The highest BCUT2D eigenvalue weighted by atomic mass is 35.5. The van der Waals surface area contributed by atoms with Crippen molar-refractivity contribution in [3.8, 4) is 5.75 Å². The zero-order chi connectivity index (χ0) is 23.4. The summed E-state index contributed by atoms with van der Waals surface area (Å²) < 4.78 is 6.87. The second-order valence-corrected chi connectivity index (χ2v) is 12.0. The Labute approximate surface area is 211 Å². The van der Waals surface area contributed by atoms with Crippen LogP contribution >= 0.6 is 34.7 Å². The van der Waals surface area contributed by atoms with Gasteiger partial charge >= 0.3 is 4.87 Å². The summed E-state index contributed by atoms with van der Waals surface area (Å²) >= 11 is 9.34. The number of thiazole rings is 1. The largest absolute Gasteiger partial charge is 0.497 e. The van der Waals surface area contributed by atoms with Crippen LogP contribution in [-0.4, -0.2) is 22.8 Å². The number of hydrogen-bond donors (Lipinski definition) is 1. The molecule has 2 aliphatic carbocycles. The molecule has 2 saturated carbocycles. The van der Waals surface area contributed by atoms with Crippen LogP contribution in [0.3, 0.4) is 0 Å². The van der Waals surface area contributed by atoms with E-state index in [-0.39, 0.29) is 23.2 Å². The standard InChI is InChI=1S/C26H25ClN2O3S2/c1-32-19-10-8-18(9-11-19)28-20(30)13-29-25-24(34-26(29)31)21(14-4-6-17(27)7-5-14)22-15-2-3-16(12-15)23(22)33-25/h4-11,15-16,21-23H,2-3,12-13H2,1H3,(H,28,30)/t15-,16-,21+,22+,23-/m0/s1. The number of anilines is 1. The first-order valence-electron chi connectivity index (χ1n) is 11.6. The number of carbonyl (C=O) groups is 1. The Morgan fingerprint density at radius 2 is 1.85 bits per heavy atom. The van der Waals surface area contributed by atoms with Crippen LogP contribution in [0.1, 0.15) is 35.6 Å². The molecule has 34 heavy (non-hydrogen) atoms. The summed E-state index contributed by atoms with van der Waals surface area (Å²) in [6, 6.07) is 15.3. The fourth-order valence-electron chi connectivity index (χ4n) is 6.15. The number of thioether (sulfide) groups is 1. The number of ether oxygens (including phenoxy) is 1. The van der Waals surface area contributed by atoms with Crippen molar-refractivity contribution in [2.24, 2.45) is 17.8 Å². The predicted octanol–water partition coefficient (Wildman–Crippen LogP) is 5.86. The normalized spacial score (nSPS) is 26.7. The molecule has 0 unspecified atom stereocenters. The fraction of sp³-hybridized carbons (Fsp3) is 0.385. The molecule has 0 saturated heterocycles. The summed E-state index contributed by atoms with van der Waals surface area (Å²) in [7, 11) is 1.61. The van der Waals surface area contributed by atoms with Gasteiger partial charge in [-0.3, -0.25) is 14.2 Å². The molecule has 6 rings (SSSR count). The zero-order valence-electron chi connectivity index (χ0n) is 18.7. The summed E-state index contributed by atoms with van der Waals surface area (Å²) in [6.07, 6.45) is 3.84. The smallest absolute Gasteiger partial charge is 0.308 e. The van der Waals surface area contributed by atoms with E-state index >= 15 is 0 Å². The van der Waals surface area contributed by atoms with Crippen molar-refractivity contribution < 1.29 is 9.53 Å². The van der Waals surface area contributed by atoms with Crippen LogP contribution in [0.25, 0.3) is 0 Å². The molecule has 3 aliphatic rings. The molecule has 0 spiro atoms. The summed E-state index contributed by atoms with van der Waals surface area (Å²) in [5.74, 6) is 2.66. The number of amides is 1. The first-order valence-corrected chi connectivity index (χ1v) is 13.7. The van der Waals surface area contributed by atoms with Crippen molar-refractivity contribution in [1.29, 1.82) is 0 Å². The summed E-state index contributed by atoms with van der Waals surface area (Å²) in [5.41, 5.74) is 1.91. The maximum absolute atomic E-state index is 13.2. The summed E-state index contributed by atoms with van der Waals surface area (Å²) in [4.78, 5) is 27.1. The molecule has 8 heteroatoms. The number of fused-ring (bicyclic) bond motifs is 6. The molecule has 0 radical (unpaired) electrons. The van der Waals surface area contributed by atoms with Gasteiger partial charge in [0.25, 0.3) is 0 Å². The minimum absolute atomic E-state index is 0.0164. The van der Waals surface area contributed by atoms with E-state index in [0.29, 0.717) is 28.7 Å². The van der Waals surface area contributed by atoms with Gasteiger partial charge in [-0.15, -0.1) is 11.8 Å². The van der Waals surface area contributed by atoms with Crippen LogP contribution in [0.4, 0.5) is 5.69 Å². The molecule has 2 fully saturated rings. The van der Waals surface area contributed by atoms with Crippen molar-refractivity contribution in [2.75, 3.05) is 12.4 Å². The molecular formula is C26H25ClN2O3S2. The van der Waals surface area contributed by atoms with E-state index in [1.807, 2.05) is 23.9 Å². The number of nitrogens with zero attached hydrogens (tertiary/aromatic N) is 1. The maximum atomic E-state index is 13.2. The fourth-order valence-corrected chi connectivity index (χ4v) is 9.43. The van der Waals surface area contributed by atoms with Gasteiger partial charge in [0.15, 0.2) is 0 Å². The van der Waals surface area contributed by atoms with Gasteiger partial charge in [-0.05, 0) is 79.0 Å². The Morgan fingerprint density at radius 3 is 2.59 bits per heavy atom. The molecule has 2 bridgehead atoms. The predicted molar refractivity (Wildman–Crippen MR) is 137 cm³/mol. The Kier molecular flexibility index (Phi) is 5.74. The number of hydrogen-bond acceptors (Lipinski definition) is 5. The van der Waals surface area contributed by atoms with E-state index in [2.05, 4.69) is 17.4 Å². The third kappa shape index (κ3) is 3.78. The molecule has 2 aromatic carbocycles. The van der Waals surface area contributed by atoms with Gasteiger partial charge in [0.1, 0.15) is 12.3 Å². The Morgan fingerprint density at radius 1 is 1.12 bits per heavy atom. The highest BCUT2D eigenvalue weighted by Crippen LogP contribution is 2.64. The highest BCUT2D eigenvalue weighted by Gasteiger charge is 2.55. The lowest BCUT2D eigenvalue weighted by molar-refractivity contribution is -0.116. The molecule has 1 amide bonds. The van der Waals surface area contributed by atoms with Gasteiger partial charge in [-0.1, -0.05) is 35.1 Å². The molecule has 5 nitrogen and oxygen atoms in total. The Bertz CT molecular complexity index is 1280. The average Bonchev–Trinajstić information content (AvgIpc) is 3.53. The molecule has 176 valence electrons. The number of aromatic nitrogens is 1. The topological polar surface area (TPSA) is 60.3 Å². The molecule has 5 atom stereocenters. The molecule has 2 heterocycles. The van der Waals surface area contributed by atoms with E-state index in [1.165, 1.54) is 36.2 Å². The van der Waals surface area contributed by atoms with Gasteiger partial charge in [-0.2, -0.15) is 0 Å². The lowest BCUT2D eigenvalue weighted by atomic mass is 9.75. The Hall–Kier alpha value is -2.22. The van der Waals surface area contributed by atoms with Crippen molar-refractivity contribution in [3.05, 3.63) is 73.7 Å². The second-order valence-electron chi connectivity index (χ2n) is 9.42. The number of benzene rings is 2. The van der Waals surface area contributed by atoms with E-state index in [9.17, 15) is 9.59 Å². The third-order valence-corrected chi connectivity index (χ3v) is 10.7. The monoisotopic (exact) mass is 512 g/mol. The van der Waals surface area contributed by atoms with Gasteiger partial charge in [0.05, 0.1) is 12.1 Å². The average molecular weight is 513 g/mol. The molecule has 1 aliphatic heterocycles. The maximum Gasteiger partial charge on any atom is 0.308 e. The van der Waals surface area contributed by atoms with Crippen LogP contribution in [0.2, 0.25) is 5.02 Å². The molecular weight excluding hydrogens is 488 g/mol. The second kappa shape index (κ2) is 8.77.